The molecule has 7 heteroatoms. The van der Waals surface area contributed by atoms with Gasteiger partial charge in [-0.25, -0.2) is 9.67 Å². The van der Waals surface area contributed by atoms with Crippen molar-refractivity contribution < 1.29 is 4.79 Å². The smallest absolute Gasteiger partial charge is 0.258 e. The first-order valence-corrected chi connectivity index (χ1v) is 9.92. The van der Waals surface area contributed by atoms with E-state index in [4.69, 9.17) is 11.6 Å². The molecule has 152 valence electrons. The van der Waals surface area contributed by atoms with Crippen LogP contribution in [0.4, 0.5) is 11.4 Å². The van der Waals surface area contributed by atoms with E-state index in [-0.39, 0.29) is 5.91 Å². The molecule has 0 fully saturated rings. The van der Waals surface area contributed by atoms with Crippen LogP contribution in [0.2, 0.25) is 5.02 Å². The van der Waals surface area contributed by atoms with E-state index in [1.807, 2.05) is 81.4 Å². The maximum atomic E-state index is 12.8. The minimum absolute atomic E-state index is 0.311. The number of hydrogen-bond donors (Lipinski definition) is 1. The van der Waals surface area contributed by atoms with Gasteiger partial charge in [-0.2, -0.15) is 5.10 Å². The van der Waals surface area contributed by atoms with Crippen LogP contribution in [0.15, 0.2) is 54.7 Å². The molecule has 30 heavy (non-hydrogen) atoms. The third-order valence-electron chi connectivity index (χ3n) is 4.97. The van der Waals surface area contributed by atoms with Crippen LogP contribution in [0, 0.1) is 13.8 Å². The zero-order chi connectivity index (χ0) is 21.4. The van der Waals surface area contributed by atoms with Gasteiger partial charge in [0.25, 0.3) is 5.91 Å². The van der Waals surface area contributed by atoms with Gasteiger partial charge in [0.2, 0.25) is 0 Å². The summed E-state index contributed by atoms with van der Waals surface area (Å²) in [6.45, 7) is 3.90. The first-order chi connectivity index (χ1) is 14.3. The maximum Gasteiger partial charge on any atom is 0.258 e. The van der Waals surface area contributed by atoms with Crippen LogP contribution in [0.25, 0.3) is 16.7 Å². The Morgan fingerprint density at radius 2 is 1.70 bits per heavy atom. The Morgan fingerprint density at radius 3 is 2.33 bits per heavy atom. The first kappa shape index (κ1) is 19.9. The number of hydrogen-bond acceptors (Lipinski definition) is 4. The van der Waals surface area contributed by atoms with Crippen LogP contribution in [-0.2, 0) is 0 Å². The number of pyridine rings is 1. The van der Waals surface area contributed by atoms with Crippen LogP contribution >= 0.6 is 11.6 Å². The Morgan fingerprint density at radius 1 is 1.03 bits per heavy atom. The normalized spacial score (nSPS) is 11.0. The first-order valence-electron chi connectivity index (χ1n) is 9.55. The number of aromatic nitrogens is 3. The third-order valence-corrected chi connectivity index (χ3v) is 5.37. The molecule has 4 aromatic rings. The Bertz CT molecular complexity index is 1230. The Hall–Kier alpha value is -3.38. The number of halogens is 1. The van der Waals surface area contributed by atoms with Crippen molar-refractivity contribution in [1.82, 2.24) is 14.8 Å². The van der Waals surface area contributed by atoms with Crippen LogP contribution < -0.4 is 10.2 Å². The maximum absolute atomic E-state index is 12.8. The zero-order valence-corrected chi connectivity index (χ0v) is 18.0. The van der Waals surface area contributed by atoms with Crippen molar-refractivity contribution in [3.8, 4) is 5.69 Å². The van der Waals surface area contributed by atoms with Gasteiger partial charge in [-0.1, -0.05) is 29.3 Å². The van der Waals surface area contributed by atoms with Gasteiger partial charge in [0.15, 0.2) is 5.65 Å². The van der Waals surface area contributed by atoms with Crippen LogP contribution in [0.5, 0.6) is 0 Å². The number of nitrogens with one attached hydrogen (secondary N) is 1. The molecule has 2 heterocycles. The molecule has 0 aliphatic heterocycles. The molecule has 0 aliphatic carbocycles. The summed E-state index contributed by atoms with van der Waals surface area (Å²) in [5.41, 5.74) is 5.44. The minimum atomic E-state index is -0.311. The molecular formula is C23H22ClN5O. The standard InChI is InChI=1S/C23H22ClN5O/c1-14-5-9-18(10-6-14)29-22-20(15(2)27-29)21(24)19(13-25-22)23(30)26-16-7-11-17(12-8-16)28(3)4/h5-13H,1-4H3,(H,26,30). The van der Waals surface area contributed by atoms with Gasteiger partial charge in [-0.15, -0.1) is 0 Å². The number of nitrogens with zero attached hydrogens (tertiary/aromatic N) is 4. The van der Waals surface area contributed by atoms with Crippen molar-refractivity contribution in [3.05, 3.63) is 76.6 Å². The van der Waals surface area contributed by atoms with Crippen LogP contribution in [-0.4, -0.2) is 34.8 Å². The zero-order valence-electron chi connectivity index (χ0n) is 17.3. The largest absolute Gasteiger partial charge is 0.378 e. The molecule has 2 aromatic heterocycles. The fourth-order valence-corrected chi connectivity index (χ4v) is 3.63. The van der Waals surface area contributed by atoms with Gasteiger partial charge in [0, 0.05) is 31.7 Å². The Balaban J connectivity index is 1.68. The topological polar surface area (TPSA) is 63.1 Å². The second-order valence-electron chi connectivity index (χ2n) is 7.41. The van der Waals surface area contributed by atoms with E-state index < -0.39 is 0 Å². The molecule has 1 amide bonds. The highest BCUT2D eigenvalue weighted by atomic mass is 35.5. The molecule has 0 bridgehead atoms. The molecule has 0 atom stereocenters. The van der Waals surface area contributed by atoms with Gasteiger partial charge in [-0.05, 0) is 50.2 Å². The fraction of sp³-hybridized carbons (Fsp3) is 0.174. The molecule has 0 spiro atoms. The Labute approximate surface area is 180 Å². The van der Waals surface area contributed by atoms with E-state index in [1.54, 1.807) is 4.68 Å². The molecule has 2 aromatic carbocycles. The number of benzene rings is 2. The molecule has 0 aliphatic rings. The van der Waals surface area contributed by atoms with Crippen molar-refractivity contribution in [2.45, 2.75) is 13.8 Å². The number of carbonyl (C=O) groups excluding carboxylic acids is 1. The van der Waals surface area contributed by atoms with Crippen molar-refractivity contribution in [2.24, 2.45) is 0 Å². The average molecular weight is 420 g/mol. The molecular weight excluding hydrogens is 398 g/mol. The monoisotopic (exact) mass is 419 g/mol. The molecule has 1 N–H and O–H groups in total. The van der Waals surface area contributed by atoms with Gasteiger partial charge in [0.1, 0.15) is 0 Å². The summed E-state index contributed by atoms with van der Waals surface area (Å²) in [6.07, 6.45) is 1.50. The molecule has 6 nitrogen and oxygen atoms in total. The summed E-state index contributed by atoms with van der Waals surface area (Å²) < 4.78 is 1.75. The van der Waals surface area contributed by atoms with E-state index >= 15 is 0 Å². The summed E-state index contributed by atoms with van der Waals surface area (Å²) in [4.78, 5) is 19.4. The highest BCUT2D eigenvalue weighted by molar-refractivity contribution is 6.39. The lowest BCUT2D eigenvalue weighted by Crippen LogP contribution is -2.14. The second kappa shape index (κ2) is 7.80. The quantitative estimate of drug-likeness (QED) is 0.505. The van der Waals surface area contributed by atoms with Crippen molar-refractivity contribution in [3.63, 3.8) is 0 Å². The number of anilines is 2. The predicted molar refractivity (Wildman–Crippen MR) is 122 cm³/mol. The third kappa shape index (κ3) is 3.62. The van der Waals surface area contributed by atoms with Gasteiger partial charge < -0.3 is 10.2 Å². The highest BCUT2D eigenvalue weighted by Gasteiger charge is 2.20. The fourth-order valence-electron chi connectivity index (χ4n) is 3.27. The summed E-state index contributed by atoms with van der Waals surface area (Å²) in [5, 5.41) is 8.50. The lowest BCUT2D eigenvalue weighted by Gasteiger charge is -2.13. The van der Waals surface area contributed by atoms with Crippen molar-refractivity contribution in [1.29, 1.82) is 0 Å². The number of carbonyl (C=O) groups is 1. The van der Waals surface area contributed by atoms with E-state index in [0.29, 0.717) is 33.0 Å². The molecule has 0 unspecified atom stereocenters. The summed E-state index contributed by atoms with van der Waals surface area (Å²) in [7, 11) is 3.93. The lowest BCUT2D eigenvalue weighted by molar-refractivity contribution is 0.102. The molecule has 0 saturated heterocycles. The second-order valence-corrected chi connectivity index (χ2v) is 7.79. The minimum Gasteiger partial charge on any atom is -0.378 e. The average Bonchev–Trinajstić information content (AvgIpc) is 3.06. The predicted octanol–water partition coefficient (Wildman–Crippen LogP) is 5.01. The van der Waals surface area contributed by atoms with Crippen LogP contribution in [0.3, 0.4) is 0 Å². The molecule has 0 radical (unpaired) electrons. The molecule has 4 rings (SSSR count). The number of rotatable bonds is 4. The van der Waals surface area contributed by atoms with E-state index in [1.165, 1.54) is 6.20 Å². The lowest BCUT2D eigenvalue weighted by atomic mass is 10.2. The van der Waals surface area contributed by atoms with Gasteiger partial charge in [-0.3, -0.25) is 4.79 Å². The van der Waals surface area contributed by atoms with Gasteiger partial charge >= 0.3 is 0 Å². The Kier molecular flexibility index (Phi) is 5.18. The van der Waals surface area contributed by atoms with Crippen molar-refractivity contribution >= 4 is 39.9 Å². The number of fused-ring (bicyclic) bond motifs is 1. The van der Waals surface area contributed by atoms with E-state index in [9.17, 15) is 4.79 Å². The summed E-state index contributed by atoms with van der Waals surface area (Å²) >= 11 is 6.64. The summed E-state index contributed by atoms with van der Waals surface area (Å²) in [6, 6.07) is 15.6. The summed E-state index contributed by atoms with van der Waals surface area (Å²) in [5.74, 6) is -0.311. The highest BCUT2D eigenvalue weighted by Crippen LogP contribution is 2.30. The van der Waals surface area contributed by atoms with E-state index in [0.717, 1.165) is 16.9 Å². The van der Waals surface area contributed by atoms with Crippen LogP contribution in [0.1, 0.15) is 21.6 Å². The molecule has 0 saturated carbocycles. The van der Waals surface area contributed by atoms with Gasteiger partial charge in [0.05, 0.1) is 27.4 Å². The number of amides is 1. The van der Waals surface area contributed by atoms with E-state index in [2.05, 4.69) is 15.4 Å². The van der Waals surface area contributed by atoms with Crippen molar-refractivity contribution in [2.75, 3.05) is 24.3 Å². The number of aryl methyl sites for hydroxylation is 2. The SMILES string of the molecule is Cc1ccc(-n2nc(C)c3c(Cl)c(C(=O)Nc4ccc(N(C)C)cc4)cnc32)cc1.